The zero-order valence-electron chi connectivity index (χ0n) is 9.59. The van der Waals surface area contributed by atoms with Gasteiger partial charge in [-0.3, -0.25) is 4.79 Å². The van der Waals surface area contributed by atoms with Crippen LogP contribution in [0.3, 0.4) is 0 Å². The van der Waals surface area contributed by atoms with Crippen LogP contribution in [0.2, 0.25) is 0 Å². The maximum Gasteiger partial charge on any atom is 0.187 e. The first kappa shape index (κ1) is 12.8. The molecule has 94 valence electrons. The van der Waals surface area contributed by atoms with Gasteiger partial charge in [-0.05, 0) is 30.2 Å². The summed E-state index contributed by atoms with van der Waals surface area (Å²) in [5.74, 6) is -0.136. The summed E-state index contributed by atoms with van der Waals surface area (Å²) >= 11 is 1.30. The molecule has 0 unspecified atom stereocenters. The van der Waals surface area contributed by atoms with Gasteiger partial charge in [-0.15, -0.1) is 11.3 Å². The molecule has 3 nitrogen and oxygen atoms in total. The third kappa shape index (κ3) is 3.64. The summed E-state index contributed by atoms with van der Waals surface area (Å²) in [6, 6.07) is 3.44. The van der Waals surface area contributed by atoms with Crippen molar-refractivity contribution in [3.8, 4) is 0 Å². The summed E-state index contributed by atoms with van der Waals surface area (Å²) in [6.45, 7) is 0. The average Bonchev–Trinajstić information content (AvgIpc) is 2.85. The van der Waals surface area contributed by atoms with Gasteiger partial charge in [0.1, 0.15) is 5.75 Å². The summed E-state index contributed by atoms with van der Waals surface area (Å²) in [4.78, 5) is 12.3. The van der Waals surface area contributed by atoms with Crippen molar-refractivity contribution in [3.63, 3.8) is 0 Å². The third-order valence-electron chi connectivity index (χ3n) is 3.11. The van der Waals surface area contributed by atoms with E-state index in [4.69, 9.17) is 0 Å². The van der Waals surface area contributed by atoms with E-state index in [1.165, 1.54) is 11.3 Å². The Morgan fingerprint density at radius 2 is 2.06 bits per heavy atom. The van der Waals surface area contributed by atoms with Crippen LogP contribution in [-0.2, 0) is 9.84 Å². The Morgan fingerprint density at radius 1 is 1.35 bits per heavy atom. The van der Waals surface area contributed by atoms with Crippen molar-refractivity contribution in [1.82, 2.24) is 0 Å². The second-order valence-electron chi connectivity index (χ2n) is 4.61. The zero-order chi connectivity index (χ0) is 12.3. The Balaban J connectivity index is 1.95. The van der Waals surface area contributed by atoms with E-state index >= 15 is 0 Å². The highest BCUT2D eigenvalue weighted by Gasteiger charge is 2.25. The lowest BCUT2D eigenvalue weighted by atomic mass is 10.1. The van der Waals surface area contributed by atoms with Crippen LogP contribution in [0, 0.1) is 5.92 Å². The summed E-state index contributed by atoms with van der Waals surface area (Å²) in [6.07, 6.45) is 4.23. The minimum Gasteiger partial charge on any atom is -0.292 e. The van der Waals surface area contributed by atoms with Gasteiger partial charge in [-0.25, -0.2) is 8.42 Å². The van der Waals surface area contributed by atoms with Crippen LogP contribution in [0.4, 0.5) is 0 Å². The number of hydrogen-bond acceptors (Lipinski definition) is 4. The first-order valence-electron chi connectivity index (χ1n) is 5.84. The summed E-state index contributed by atoms with van der Waals surface area (Å²) in [7, 11) is -3.23. The van der Waals surface area contributed by atoms with Crippen molar-refractivity contribution >= 4 is 27.0 Å². The average molecular weight is 272 g/mol. The molecule has 1 aromatic rings. The lowest BCUT2D eigenvalue weighted by molar-refractivity contribution is 0.102. The molecule has 0 spiro atoms. The molecule has 0 atom stereocenters. The molecule has 0 amide bonds. The van der Waals surface area contributed by atoms with Crippen LogP contribution < -0.4 is 0 Å². The quantitative estimate of drug-likeness (QED) is 0.774. The number of ketones is 1. The molecule has 1 aromatic heterocycles. The van der Waals surface area contributed by atoms with Crippen LogP contribution in [0.1, 0.15) is 35.4 Å². The second-order valence-corrected chi connectivity index (χ2v) is 7.66. The van der Waals surface area contributed by atoms with E-state index in [-0.39, 0.29) is 23.2 Å². The van der Waals surface area contributed by atoms with Gasteiger partial charge in [0.15, 0.2) is 15.6 Å². The molecule has 17 heavy (non-hydrogen) atoms. The molecule has 1 fully saturated rings. The van der Waals surface area contributed by atoms with E-state index in [2.05, 4.69) is 0 Å². The number of Topliss-reactive ketones (excluding diaryl/α,β-unsaturated/α-hetero) is 1. The molecular formula is C12H16O3S2. The Hall–Kier alpha value is -0.680. The van der Waals surface area contributed by atoms with E-state index in [1.54, 1.807) is 17.5 Å². The largest absolute Gasteiger partial charge is 0.292 e. The van der Waals surface area contributed by atoms with Gasteiger partial charge < -0.3 is 0 Å². The van der Waals surface area contributed by atoms with Gasteiger partial charge in [0.05, 0.1) is 10.6 Å². The van der Waals surface area contributed by atoms with Gasteiger partial charge in [-0.2, -0.15) is 0 Å². The van der Waals surface area contributed by atoms with Crippen LogP contribution >= 0.6 is 11.3 Å². The molecule has 2 rings (SSSR count). The topological polar surface area (TPSA) is 51.2 Å². The molecule has 1 aliphatic carbocycles. The fourth-order valence-electron chi connectivity index (χ4n) is 2.30. The Labute approximate surface area is 106 Å². The number of carbonyl (C=O) groups is 1. The first-order chi connectivity index (χ1) is 8.07. The van der Waals surface area contributed by atoms with Crippen LogP contribution in [0.25, 0.3) is 0 Å². The van der Waals surface area contributed by atoms with Gasteiger partial charge in [0.25, 0.3) is 0 Å². The van der Waals surface area contributed by atoms with Crippen molar-refractivity contribution in [1.29, 1.82) is 0 Å². The Morgan fingerprint density at radius 3 is 2.65 bits per heavy atom. The molecule has 1 aliphatic rings. The van der Waals surface area contributed by atoms with E-state index in [0.717, 1.165) is 25.7 Å². The number of sulfone groups is 1. The van der Waals surface area contributed by atoms with Crippen molar-refractivity contribution in [2.45, 2.75) is 25.7 Å². The number of carbonyl (C=O) groups excluding carboxylic acids is 1. The smallest absolute Gasteiger partial charge is 0.187 e. The van der Waals surface area contributed by atoms with Crippen molar-refractivity contribution in [3.05, 3.63) is 22.4 Å². The predicted octanol–water partition coefficient (Wildman–Crippen LogP) is 2.54. The van der Waals surface area contributed by atoms with E-state index in [1.807, 2.05) is 0 Å². The molecule has 0 saturated heterocycles. The van der Waals surface area contributed by atoms with Crippen molar-refractivity contribution < 1.29 is 13.2 Å². The molecule has 0 aromatic carbocycles. The van der Waals surface area contributed by atoms with Crippen molar-refractivity contribution in [2.75, 3.05) is 11.5 Å². The molecule has 5 heteroatoms. The molecule has 1 saturated carbocycles. The highest BCUT2D eigenvalue weighted by atomic mass is 32.2. The maximum absolute atomic E-state index is 11.9. The molecular weight excluding hydrogens is 256 g/mol. The lowest BCUT2D eigenvalue weighted by Gasteiger charge is -2.08. The fraction of sp³-hybridized carbons (Fsp3) is 0.583. The third-order valence-corrected chi connectivity index (χ3v) is 5.70. The number of thiophene rings is 1. The Bertz CT molecular complexity index is 468. The minimum atomic E-state index is -3.23. The van der Waals surface area contributed by atoms with Crippen LogP contribution in [0.5, 0.6) is 0 Å². The standard InChI is InChI=1S/C12H16O3S2/c13-11(12-6-3-7-16-12)9-17(14,15)8-10-4-1-2-5-10/h3,6-7,10H,1-2,4-5,8-9H2. The van der Waals surface area contributed by atoms with E-state index < -0.39 is 9.84 Å². The predicted molar refractivity (Wildman–Crippen MR) is 69.3 cm³/mol. The van der Waals surface area contributed by atoms with Gasteiger partial charge in [0, 0.05) is 0 Å². The van der Waals surface area contributed by atoms with Crippen LogP contribution in [0.15, 0.2) is 17.5 Å². The monoisotopic (exact) mass is 272 g/mol. The number of rotatable bonds is 5. The molecule has 1 heterocycles. The minimum absolute atomic E-state index is 0.185. The van der Waals surface area contributed by atoms with E-state index in [9.17, 15) is 13.2 Å². The SMILES string of the molecule is O=C(CS(=O)(=O)CC1CCCC1)c1cccs1. The number of hydrogen-bond donors (Lipinski definition) is 0. The van der Waals surface area contributed by atoms with Crippen molar-refractivity contribution in [2.24, 2.45) is 5.92 Å². The van der Waals surface area contributed by atoms with Gasteiger partial charge >= 0.3 is 0 Å². The highest BCUT2D eigenvalue weighted by molar-refractivity contribution is 7.92. The van der Waals surface area contributed by atoms with Crippen LogP contribution in [-0.4, -0.2) is 25.7 Å². The molecule has 0 N–H and O–H groups in total. The maximum atomic E-state index is 11.9. The Kier molecular flexibility index (Phi) is 3.99. The summed E-state index contributed by atoms with van der Waals surface area (Å²) in [5, 5.41) is 1.79. The summed E-state index contributed by atoms with van der Waals surface area (Å²) < 4.78 is 23.8. The highest BCUT2D eigenvalue weighted by Crippen LogP contribution is 2.26. The van der Waals surface area contributed by atoms with Gasteiger partial charge in [-0.1, -0.05) is 18.9 Å². The normalized spacial score (nSPS) is 17.4. The molecule has 0 bridgehead atoms. The fourth-order valence-corrected chi connectivity index (χ4v) is 4.78. The molecule has 0 aliphatic heterocycles. The second kappa shape index (κ2) is 5.31. The zero-order valence-corrected chi connectivity index (χ0v) is 11.2. The molecule has 0 radical (unpaired) electrons. The summed E-state index contributed by atoms with van der Waals surface area (Å²) in [5.41, 5.74) is 0. The van der Waals surface area contributed by atoms with Gasteiger partial charge in [0.2, 0.25) is 0 Å². The lowest BCUT2D eigenvalue weighted by Crippen LogP contribution is -2.22. The first-order valence-corrected chi connectivity index (χ1v) is 8.54. The van der Waals surface area contributed by atoms with E-state index in [0.29, 0.717) is 4.88 Å².